The van der Waals surface area contributed by atoms with Crippen LogP contribution in [0.5, 0.6) is 0 Å². The summed E-state index contributed by atoms with van der Waals surface area (Å²) in [5.41, 5.74) is 0.154. The van der Waals surface area contributed by atoms with Crippen molar-refractivity contribution in [1.82, 2.24) is 10.6 Å². The number of nitriles is 1. The van der Waals surface area contributed by atoms with Gasteiger partial charge < -0.3 is 15.4 Å². The van der Waals surface area contributed by atoms with E-state index in [9.17, 15) is 4.79 Å². The van der Waals surface area contributed by atoms with Crippen LogP contribution in [0.3, 0.4) is 0 Å². The van der Waals surface area contributed by atoms with E-state index in [1.807, 2.05) is 0 Å². The van der Waals surface area contributed by atoms with E-state index in [1.165, 1.54) is 0 Å². The predicted molar refractivity (Wildman–Crippen MR) is 59.7 cm³/mol. The van der Waals surface area contributed by atoms with Gasteiger partial charge >= 0.3 is 0 Å². The number of nitrogens with one attached hydrogen (secondary N) is 2. The molecule has 0 spiro atoms. The Hall–Kier alpha value is -1.12. The average Bonchev–Trinajstić information content (AvgIpc) is 2.99. The first-order chi connectivity index (χ1) is 7.72. The molecule has 1 rings (SSSR count). The van der Waals surface area contributed by atoms with Gasteiger partial charge in [0.05, 0.1) is 19.2 Å². The number of hydrogen-bond donors (Lipinski definition) is 2. The summed E-state index contributed by atoms with van der Waals surface area (Å²) in [6.07, 6.45) is 2.78. The van der Waals surface area contributed by atoms with Crippen LogP contribution >= 0.6 is 0 Å². The molecule has 1 saturated carbocycles. The summed E-state index contributed by atoms with van der Waals surface area (Å²) in [4.78, 5) is 11.3. The molecule has 0 saturated heterocycles. The molecule has 0 aromatic heterocycles. The second-order valence-corrected chi connectivity index (χ2v) is 4.28. The molecule has 0 aromatic rings. The molecule has 5 heteroatoms. The first-order valence-corrected chi connectivity index (χ1v) is 5.56. The standard InChI is InChI=1S/C11H19N3O2/c1-16-7-6-14-10(15)8-13-9-11(2-3-11)4-5-12/h13H,2-4,6-9H2,1H3,(H,14,15). The molecule has 16 heavy (non-hydrogen) atoms. The molecule has 90 valence electrons. The molecule has 1 amide bonds. The maximum Gasteiger partial charge on any atom is 0.234 e. The third-order valence-corrected chi connectivity index (χ3v) is 2.83. The number of hydrogen-bond acceptors (Lipinski definition) is 4. The lowest BCUT2D eigenvalue weighted by atomic mass is 10.0. The van der Waals surface area contributed by atoms with Crippen LogP contribution in [0.25, 0.3) is 0 Å². The van der Waals surface area contributed by atoms with Crippen LogP contribution in [0.2, 0.25) is 0 Å². The van der Waals surface area contributed by atoms with Crippen molar-refractivity contribution in [3.8, 4) is 6.07 Å². The molecule has 0 aromatic carbocycles. The predicted octanol–water partition coefficient (Wildman–Crippen LogP) is 0.0325. The molecule has 1 aliphatic rings. The molecule has 0 atom stereocenters. The number of ether oxygens (including phenoxy) is 1. The summed E-state index contributed by atoms with van der Waals surface area (Å²) < 4.78 is 4.82. The van der Waals surface area contributed by atoms with Gasteiger partial charge in [0.2, 0.25) is 5.91 Å². The van der Waals surface area contributed by atoms with E-state index in [0.717, 1.165) is 19.4 Å². The van der Waals surface area contributed by atoms with Gasteiger partial charge in [-0.05, 0) is 18.3 Å². The van der Waals surface area contributed by atoms with E-state index in [2.05, 4.69) is 16.7 Å². The Kier molecular flexibility index (Phi) is 5.23. The minimum absolute atomic E-state index is 0.0233. The fraction of sp³-hybridized carbons (Fsp3) is 0.818. The number of carbonyl (C=O) groups is 1. The third kappa shape index (κ3) is 4.60. The van der Waals surface area contributed by atoms with Crippen LogP contribution in [0.15, 0.2) is 0 Å². The van der Waals surface area contributed by atoms with Crippen LogP contribution in [-0.4, -0.2) is 39.3 Å². The zero-order valence-electron chi connectivity index (χ0n) is 9.71. The van der Waals surface area contributed by atoms with Crippen molar-refractivity contribution in [1.29, 1.82) is 5.26 Å². The highest BCUT2D eigenvalue weighted by Crippen LogP contribution is 2.47. The fourth-order valence-corrected chi connectivity index (χ4v) is 1.56. The van der Waals surface area contributed by atoms with Gasteiger partial charge in [-0.2, -0.15) is 5.26 Å². The van der Waals surface area contributed by atoms with Gasteiger partial charge in [0.25, 0.3) is 0 Å². The summed E-state index contributed by atoms with van der Waals surface area (Å²) in [5, 5.41) is 14.4. The van der Waals surface area contributed by atoms with Crippen LogP contribution in [-0.2, 0) is 9.53 Å². The van der Waals surface area contributed by atoms with Crippen LogP contribution in [0, 0.1) is 16.7 Å². The number of carbonyl (C=O) groups excluding carboxylic acids is 1. The first-order valence-electron chi connectivity index (χ1n) is 5.56. The lowest BCUT2D eigenvalue weighted by Crippen LogP contribution is -2.37. The van der Waals surface area contributed by atoms with Gasteiger partial charge in [-0.25, -0.2) is 0 Å². The molecule has 0 aliphatic heterocycles. The van der Waals surface area contributed by atoms with Crippen molar-refractivity contribution in [2.75, 3.05) is 33.4 Å². The van der Waals surface area contributed by atoms with Gasteiger partial charge in [-0.3, -0.25) is 4.79 Å². The van der Waals surface area contributed by atoms with Crippen LogP contribution in [0.4, 0.5) is 0 Å². The summed E-state index contributed by atoms with van der Waals surface area (Å²) in [7, 11) is 1.60. The maximum atomic E-state index is 11.3. The van der Waals surface area contributed by atoms with Gasteiger partial charge in [-0.1, -0.05) is 0 Å². The zero-order chi connectivity index (χ0) is 11.9. The number of methoxy groups -OCH3 is 1. The Morgan fingerprint density at radius 2 is 2.31 bits per heavy atom. The molecule has 1 aliphatic carbocycles. The molecule has 0 unspecified atom stereocenters. The van der Waals surface area contributed by atoms with Crippen molar-refractivity contribution in [2.24, 2.45) is 5.41 Å². The van der Waals surface area contributed by atoms with E-state index in [-0.39, 0.29) is 11.3 Å². The number of amides is 1. The van der Waals surface area contributed by atoms with Crippen molar-refractivity contribution in [3.05, 3.63) is 0 Å². The quantitative estimate of drug-likeness (QED) is 0.572. The van der Waals surface area contributed by atoms with E-state index < -0.39 is 0 Å². The maximum absolute atomic E-state index is 11.3. The molecule has 0 radical (unpaired) electrons. The lowest BCUT2D eigenvalue weighted by molar-refractivity contribution is -0.120. The smallest absolute Gasteiger partial charge is 0.234 e. The summed E-state index contributed by atoms with van der Waals surface area (Å²) in [6, 6.07) is 2.19. The molecule has 0 bridgehead atoms. The largest absolute Gasteiger partial charge is 0.383 e. The molecule has 5 nitrogen and oxygen atoms in total. The lowest BCUT2D eigenvalue weighted by Gasteiger charge is -2.12. The van der Waals surface area contributed by atoms with Crippen LogP contribution < -0.4 is 10.6 Å². The van der Waals surface area contributed by atoms with Gasteiger partial charge in [0, 0.05) is 26.6 Å². The Morgan fingerprint density at radius 1 is 1.56 bits per heavy atom. The highest BCUT2D eigenvalue weighted by molar-refractivity contribution is 5.77. The van der Waals surface area contributed by atoms with Crippen molar-refractivity contribution < 1.29 is 9.53 Å². The summed E-state index contributed by atoms with van der Waals surface area (Å²) >= 11 is 0. The number of nitrogens with zero attached hydrogens (tertiary/aromatic N) is 1. The minimum Gasteiger partial charge on any atom is -0.383 e. The Balaban J connectivity index is 2.02. The average molecular weight is 225 g/mol. The van der Waals surface area contributed by atoms with Crippen LogP contribution in [0.1, 0.15) is 19.3 Å². The summed E-state index contributed by atoms with van der Waals surface area (Å²) in [6.45, 7) is 2.15. The van der Waals surface area contributed by atoms with E-state index in [0.29, 0.717) is 26.1 Å². The minimum atomic E-state index is -0.0233. The second-order valence-electron chi connectivity index (χ2n) is 4.28. The topological polar surface area (TPSA) is 74.2 Å². The second kappa shape index (κ2) is 6.46. The molecular weight excluding hydrogens is 206 g/mol. The fourth-order valence-electron chi connectivity index (χ4n) is 1.56. The van der Waals surface area contributed by atoms with Gasteiger partial charge in [0.1, 0.15) is 0 Å². The molecule has 0 heterocycles. The Morgan fingerprint density at radius 3 is 2.88 bits per heavy atom. The summed E-state index contributed by atoms with van der Waals surface area (Å²) in [5.74, 6) is -0.0233. The Labute approximate surface area is 96.2 Å². The normalized spacial score (nSPS) is 16.5. The van der Waals surface area contributed by atoms with E-state index >= 15 is 0 Å². The van der Waals surface area contributed by atoms with E-state index in [4.69, 9.17) is 10.00 Å². The first kappa shape index (κ1) is 12.9. The highest BCUT2D eigenvalue weighted by Gasteiger charge is 2.41. The van der Waals surface area contributed by atoms with E-state index in [1.54, 1.807) is 7.11 Å². The van der Waals surface area contributed by atoms with Crippen molar-refractivity contribution in [3.63, 3.8) is 0 Å². The SMILES string of the molecule is COCCNC(=O)CNCC1(CC#N)CC1. The third-order valence-electron chi connectivity index (χ3n) is 2.83. The van der Waals surface area contributed by atoms with Gasteiger partial charge in [-0.15, -0.1) is 0 Å². The molecular formula is C11H19N3O2. The highest BCUT2D eigenvalue weighted by atomic mass is 16.5. The Bertz CT molecular complexity index is 269. The number of rotatable bonds is 8. The molecule has 1 fully saturated rings. The monoisotopic (exact) mass is 225 g/mol. The van der Waals surface area contributed by atoms with Crippen molar-refractivity contribution >= 4 is 5.91 Å². The zero-order valence-corrected chi connectivity index (χ0v) is 9.71. The van der Waals surface area contributed by atoms with Crippen molar-refractivity contribution in [2.45, 2.75) is 19.3 Å². The van der Waals surface area contributed by atoms with Gasteiger partial charge in [0.15, 0.2) is 0 Å². The molecule has 2 N–H and O–H groups in total.